The number of aliphatic hydroxyl groups is 4. The van der Waals surface area contributed by atoms with E-state index in [0.29, 0.717) is 0 Å². The molecule has 15 heavy (non-hydrogen) atoms. The minimum absolute atomic E-state index is 0.247. The molecule has 2 heterocycles. The predicted molar refractivity (Wildman–Crippen MR) is 46.6 cm³/mol. The monoisotopic (exact) mass is 221 g/mol. The molecular weight excluding hydrogens is 206 g/mol. The lowest BCUT2D eigenvalue weighted by molar-refractivity contribution is -0.249. The average Bonchev–Trinajstić information content (AvgIpc) is 2.66. The Kier molecular flexibility index (Phi) is 3.21. The normalized spacial score (nSPS) is 50.4. The zero-order valence-corrected chi connectivity index (χ0v) is 7.98. The Morgan fingerprint density at radius 1 is 1.00 bits per heavy atom. The summed E-state index contributed by atoms with van der Waals surface area (Å²) in [5.41, 5.74) is 0. The Hall–Kier alpha value is -0.280. The van der Waals surface area contributed by atoms with E-state index in [-0.39, 0.29) is 6.61 Å². The first-order valence-electron chi connectivity index (χ1n) is 4.82. The van der Waals surface area contributed by atoms with Crippen molar-refractivity contribution in [1.82, 2.24) is 5.32 Å². The van der Waals surface area contributed by atoms with E-state index in [4.69, 9.17) is 19.7 Å². The Morgan fingerprint density at radius 3 is 2.33 bits per heavy atom. The molecule has 7 heteroatoms. The minimum atomic E-state index is -1.16. The standard InChI is InChI=1S/C8H15NO6/c10-1-3-6(12)7(13)5-8(14-3)15-4(2-11)9-5/h3-13H,1-2H2/t3-,4?,5-,6-,7-,8-/m1/s1. The third kappa shape index (κ3) is 1.87. The Morgan fingerprint density at radius 2 is 1.73 bits per heavy atom. The molecule has 6 atom stereocenters. The first kappa shape index (κ1) is 11.2. The maximum absolute atomic E-state index is 9.70. The molecule has 2 fully saturated rings. The SMILES string of the molecule is OCC1N[C@H]2[C@@H](O1)O[C@H](CO)[C@@H](O)[C@@H]2O. The second-order valence-corrected chi connectivity index (χ2v) is 3.71. The molecule has 0 spiro atoms. The van der Waals surface area contributed by atoms with E-state index >= 15 is 0 Å². The number of aliphatic hydroxyl groups excluding tert-OH is 4. The molecule has 2 rings (SSSR count). The maximum atomic E-state index is 9.70. The van der Waals surface area contributed by atoms with Gasteiger partial charge >= 0.3 is 0 Å². The van der Waals surface area contributed by atoms with Crippen molar-refractivity contribution in [2.45, 2.75) is 36.9 Å². The highest BCUT2D eigenvalue weighted by Crippen LogP contribution is 2.26. The number of rotatable bonds is 2. The van der Waals surface area contributed by atoms with Crippen LogP contribution in [0.15, 0.2) is 0 Å². The number of hydrogen-bond acceptors (Lipinski definition) is 7. The number of nitrogens with one attached hydrogen (secondary N) is 1. The van der Waals surface area contributed by atoms with Crippen LogP contribution in [0.3, 0.4) is 0 Å². The van der Waals surface area contributed by atoms with Crippen LogP contribution >= 0.6 is 0 Å². The van der Waals surface area contributed by atoms with Crippen LogP contribution < -0.4 is 5.32 Å². The van der Waals surface area contributed by atoms with Crippen molar-refractivity contribution >= 4 is 0 Å². The lowest BCUT2D eigenvalue weighted by Crippen LogP contribution is -2.60. The quantitative estimate of drug-likeness (QED) is 0.332. The van der Waals surface area contributed by atoms with Crippen LogP contribution in [-0.4, -0.2) is 70.5 Å². The summed E-state index contributed by atoms with van der Waals surface area (Å²) in [6.07, 6.45) is -4.47. The van der Waals surface area contributed by atoms with Gasteiger partial charge in [0, 0.05) is 0 Å². The van der Waals surface area contributed by atoms with Crippen molar-refractivity contribution in [3.05, 3.63) is 0 Å². The van der Waals surface area contributed by atoms with Crippen molar-refractivity contribution in [1.29, 1.82) is 0 Å². The third-order valence-electron chi connectivity index (χ3n) is 2.72. The molecule has 0 bridgehead atoms. The van der Waals surface area contributed by atoms with Crippen LogP contribution in [0, 0.1) is 0 Å². The molecular formula is C8H15NO6. The second-order valence-electron chi connectivity index (χ2n) is 3.71. The summed E-state index contributed by atoms with van der Waals surface area (Å²) in [4.78, 5) is 0. The van der Waals surface area contributed by atoms with Crippen molar-refractivity contribution in [2.75, 3.05) is 13.2 Å². The van der Waals surface area contributed by atoms with Gasteiger partial charge in [-0.2, -0.15) is 0 Å². The molecule has 2 aliphatic heterocycles. The fourth-order valence-corrected chi connectivity index (χ4v) is 1.89. The summed E-state index contributed by atoms with van der Waals surface area (Å²) in [6, 6.07) is -0.583. The summed E-state index contributed by atoms with van der Waals surface area (Å²) in [7, 11) is 0. The highest BCUT2D eigenvalue weighted by Gasteiger charge is 2.49. The van der Waals surface area contributed by atoms with Gasteiger partial charge in [0.15, 0.2) is 6.29 Å². The molecule has 0 radical (unpaired) electrons. The van der Waals surface area contributed by atoms with Crippen molar-refractivity contribution < 1.29 is 29.9 Å². The Balaban J connectivity index is 2.06. The Bertz CT molecular complexity index is 227. The van der Waals surface area contributed by atoms with Crippen LogP contribution in [0.2, 0.25) is 0 Å². The van der Waals surface area contributed by atoms with Crippen LogP contribution in [-0.2, 0) is 9.47 Å². The molecule has 0 aliphatic carbocycles. The number of fused-ring (bicyclic) bond motifs is 1. The molecule has 0 amide bonds. The van der Waals surface area contributed by atoms with Crippen molar-refractivity contribution in [2.24, 2.45) is 0 Å². The van der Waals surface area contributed by atoms with Gasteiger partial charge in [-0.1, -0.05) is 0 Å². The van der Waals surface area contributed by atoms with Gasteiger partial charge in [-0.05, 0) is 0 Å². The molecule has 2 saturated heterocycles. The van der Waals surface area contributed by atoms with E-state index in [1.165, 1.54) is 0 Å². The van der Waals surface area contributed by atoms with Gasteiger partial charge in [0.2, 0.25) is 0 Å². The summed E-state index contributed by atoms with van der Waals surface area (Å²) < 4.78 is 10.4. The number of ether oxygens (including phenoxy) is 2. The fourth-order valence-electron chi connectivity index (χ4n) is 1.89. The molecule has 0 aromatic carbocycles. The summed E-state index contributed by atoms with van der Waals surface area (Å²) in [5.74, 6) is 0. The van der Waals surface area contributed by atoms with E-state index in [2.05, 4.69) is 5.32 Å². The highest BCUT2D eigenvalue weighted by molar-refractivity contribution is 4.96. The zero-order chi connectivity index (χ0) is 11.0. The van der Waals surface area contributed by atoms with Gasteiger partial charge in [-0.3, -0.25) is 5.32 Å². The first-order chi connectivity index (χ1) is 7.17. The summed E-state index contributed by atoms with van der Waals surface area (Å²) >= 11 is 0. The summed E-state index contributed by atoms with van der Waals surface area (Å²) in [6.45, 7) is -0.641. The first-order valence-corrected chi connectivity index (χ1v) is 4.82. The van der Waals surface area contributed by atoms with E-state index in [9.17, 15) is 10.2 Å². The van der Waals surface area contributed by atoms with Gasteiger partial charge in [-0.25, -0.2) is 0 Å². The van der Waals surface area contributed by atoms with Crippen LogP contribution in [0.1, 0.15) is 0 Å². The molecule has 0 saturated carbocycles. The predicted octanol–water partition coefficient (Wildman–Crippen LogP) is -3.27. The fraction of sp³-hybridized carbons (Fsp3) is 1.00. The van der Waals surface area contributed by atoms with Gasteiger partial charge in [-0.15, -0.1) is 0 Å². The van der Waals surface area contributed by atoms with E-state index < -0.39 is 43.5 Å². The highest BCUT2D eigenvalue weighted by atomic mass is 16.7. The molecule has 0 aromatic heterocycles. The lowest BCUT2D eigenvalue weighted by atomic mass is 9.98. The summed E-state index contributed by atoms with van der Waals surface area (Å²) in [5, 5.41) is 39.8. The minimum Gasteiger partial charge on any atom is -0.394 e. The smallest absolute Gasteiger partial charge is 0.178 e. The van der Waals surface area contributed by atoms with E-state index in [1.54, 1.807) is 0 Å². The molecule has 5 N–H and O–H groups in total. The van der Waals surface area contributed by atoms with Crippen LogP contribution in [0.4, 0.5) is 0 Å². The average molecular weight is 221 g/mol. The van der Waals surface area contributed by atoms with Gasteiger partial charge < -0.3 is 29.9 Å². The molecule has 7 nitrogen and oxygen atoms in total. The second kappa shape index (κ2) is 4.30. The van der Waals surface area contributed by atoms with Gasteiger partial charge in [0.05, 0.1) is 19.3 Å². The molecule has 0 aromatic rings. The van der Waals surface area contributed by atoms with Gasteiger partial charge in [0.1, 0.15) is 24.5 Å². The largest absolute Gasteiger partial charge is 0.394 e. The Labute approximate surface area is 86.2 Å². The molecule has 1 unspecified atom stereocenters. The molecule has 88 valence electrons. The lowest BCUT2D eigenvalue weighted by Gasteiger charge is -2.37. The van der Waals surface area contributed by atoms with Crippen LogP contribution in [0.25, 0.3) is 0 Å². The van der Waals surface area contributed by atoms with Crippen molar-refractivity contribution in [3.63, 3.8) is 0 Å². The number of hydrogen-bond donors (Lipinski definition) is 5. The molecule has 2 aliphatic rings. The van der Waals surface area contributed by atoms with E-state index in [1.807, 2.05) is 0 Å². The third-order valence-corrected chi connectivity index (χ3v) is 2.72. The van der Waals surface area contributed by atoms with Gasteiger partial charge in [0.25, 0.3) is 0 Å². The van der Waals surface area contributed by atoms with Crippen molar-refractivity contribution in [3.8, 4) is 0 Å². The topological polar surface area (TPSA) is 111 Å². The zero-order valence-electron chi connectivity index (χ0n) is 7.98. The van der Waals surface area contributed by atoms with Crippen LogP contribution in [0.5, 0.6) is 0 Å². The van der Waals surface area contributed by atoms with E-state index in [0.717, 1.165) is 0 Å². The maximum Gasteiger partial charge on any atom is 0.178 e.